The molecule has 1 amide bonds. The topological polar surface area (TPSA) is 98.5 Å². The van der Waals surface area contributed by atoms with Crippen molar-refractivity contribution in [3.8, 4) is 0 Å². The van der Waals surface area contributed by atoms with E-state index in [0.717, 1.165) is 0 Å². The van der Waals surface area contributed by atoms with Crippen molar-refractivity contribution in [2.24, 2.45) is 5.73 Å². The van der Waals surface area contributed by atoms with Crippen molar-refractivity contribution in [2.45, 2.75) is 32.4 Å². The minimum Gasteiger partial charge on any atom is -0.383 e. The third kappa shape index (κ3) is 9.08. The first-order chi connectivity index (χ1) is 7.76. The summed E-state index contributed by atoms with van der Waals surface area (Å²) >= 11 is 0. The van der Waals surface area contributed by atoms with Crippen molar-refractivity contribution >= 4 is 15.7 Å². The molecule has 17 heavy (non-hydrogen) atoms. The lowest BCUT2D eigenvalue weighted by Crippen LogP contribution is -2.39. The van der Waals surface area contributed by atoms with Crippen molar-refractivity contribution in [1.82, 2.24) is 5.32 Å². The normalized spacial score (nSPS) is 15.3. The molecule has 0 fully saturated rings. The molecule has 7 heteroatoms. The summed E-state index contributed by atoms with van der Waals surface area (Å²) < 4.78 is 27.9. The van der Waals surface area contributed by atoms with E-state index in [4.69, 9.17) is 10.5 Å². The summed E-state index contributed by atoms with van der Waals surface area (Å²) in [6, 6.07) is -0.378. The van der Waals surface area contributed by atoms with Gasteiger partial charge in [-0.2, -0.15) is 0 Å². The first-order valence-electron chi connectivity index (χ1n) is 5.51. The van der Waals surface area contributed by atoms with Gasteiger partial charge in [-0.05, 0) is 20.3 Å². The van der Waals surface area contributed by atoms with Crippen LogP contribution in [0.1, 0.15) is 20.3 Å². The number of amides is 1. The Labute approximate surface area is 103 Å². The Kier molecular flexibility index (Phi) is 7.33. The van der Waals surface area contributed by atoms with Gasteiger partial charge in [-0.25, -0.2) is 8.42 Å². The van der Waals surface area contributed by atoms with Gasteiger partial charge in [0.25, 0.3) is 0 Å². The van der Waals surface area contributed by atoms with Crippen LogP contribution >= 0.6 is 0 Å². The average Bonchev–Trinajstić information content (AvgIpc) is 2.14. The van der Waals surface area contributed by atoms with Gasteiger partial charge in [0.2, 0.25) is 5.91 Å². The van der Waals surface area contributed by atoms with Crippen molar-refractivity contribution in [3.05, 3.63) is 0 Å². The number of methoxy groups -OCH3 is 1. The SMILES string of the molecule is COCC(C)NC(=O)CS(=O)(=O)CCC(C)N. The Bertz CT molecular complexity index is 327. The molecule has 0 aliphatic heterocycles. The fourth-order valence-corrected chi connectivity index (χ4v) is 2.60. The van der Waals surface area contributed by atoms with Gasteiger partial charge in [0.05, 0.1) is 12.4 Å². The zero-order chi connectivity index (χ0) is 13.5. The molecule has 0 aromatic rings. The van der Waals surface area contributed by atoms with Crippen LogP contribution in [0, 0.1) is 0 Å². The van der Waals surface area contributed by atoms with Gasteiger partial charge in [0, 0.05) is 19.2 Å². The largest absolute Gasteiger partial charge is 0.383 e. The van der Waals surface area contributed by atoms with Gasteiger partial charge in [0.1, 0.15) is 5.75 Å². The number of ether oxygens (including phenoxy) is 1. The van der Waals surface area contributed by atoms with E-state index in [9.17, 15) is 13.2 Å². The fraction of sp³-hybridized carbons (Fsp3) is 0.900. The van der Waals surface area contributed by atoms with Gasteiger partial charge in [-0.3, -0.25) is 4.79 Å². The molecule has 0 spiro atoms. The lowest BCUT2D eigenvalue weighted by molar-refractivity contribution is -0.119. The van der Waals surface area contributed by atoms with E-state index in [2.05, 4.69) is 5.32 Å². The molecule has 3 N–H and O–H groups in total. The maximum absolute atomic E-state index is 11.5. The second-order valence-electron chi connectivity index (χ2n) is 4.28. The van der Waals surface area contributed by atoms with Crippen LogP contribution in [0.25, 0.3) is 0 Å². The molecule has 2 unspecified atom stereocenters. The maximum Gasteiger partial charge on any atom is 0.235 e. The molecule has 0 saturated heterocycles. The van der Waals surface area contributed by atoms with Gasteiger partial charge in [-0.15, -0.1) is 0 Å². The van der Waals surface area contributed by atoms with E-state index in [-0.39, 0.29) is 17.8 Å². The highest BCUT2D eigenvalue weighted by atomic mass is 32.2. The van der Waals surface area contributed by atoms with Gasteiger partial charge >= 0.3 is 0 Å². The highest BCUT2D eigenvalue weighted by molar-refractivity contribution is 7.92. The van der Waals surface area contributed by atoms with Crippen molar-refractivity contribution < 1.29 is 17.9 Å². The Balaban J connectivity index is 4.09. The molecule has 0 bridgehead atoms. The van der Waals surface area contributed by atoms with Crippen molar-refractivity contribution in [2.75, 3.05) is 25.2 Å². The van der Waals surface area contributed by atoms with Crippen molar-refractivity contribution in [1.29, 1.82) is 0 Å². The molecular weight excluding hydrogens is 244 g/mol. The molecule has 102 valence electrons. The summed E-state index contributed by atoms with van der Waals surface area (Å²) in [6.07, 6.45) is 0.364. The van der Waals surface area contributed by atoms with E-state index < -0.39 is 21.5 Å². The second-order valence-corrected chi connectivity index (χ2v) is 6.47. The molecule has 0 heterocycles. The third-order valence-corrected chi connectivity index (χ3v) is 3.62. The second kappa shape index (κ2) is 7.62. The predicted octanol–water partition coefficient (Wildman–Crippen LogP) is -0.710. The summed E-state index contributed by atoms with van der Waals surface area (Å²) in [5.41, 5.74) is 5.47. The number of carbonyl (C=O) groups is 1. The van der Waals surface area contributed by atoms with E-state index in [1.807, 2.05) is 0 Å². The summed E-state index contributed by atoms with van der Waals surface area (Å²) in [5, 5.41) is 2.55. The summed E-state index contributed by atoms with van der Waals surface area (Å²) in [5.74, 6) is -1.05. The number of nitrogens with two attached hydrogens (primary N) is 1. The number of sulfone groups is 1. The number of hydrogen-bond donors (Lipinski definition) is 2. The van der Waals surface area contributed by atoms with Crippen LogP contribution in [0.3, 0.4) is 0 Å². The Hall–Kier alpha value is -0.660. The summed E-state index contributed by atoms with van der Waals surface area (Å²) in [7, 11) is -1.85. The van der Waals surface area contributed by atoms with Gasteiger partial charge < -0.3 is 15.8 Å². The smallest absolute Gasteiger partial charge is 0.235 e. The highest BCUT2D eigenvalue weighted by Crippen LogP contribution is 1.97. The number of nitrogens with one attached hydrogen (secondary N) is 1. The van der Waals surface area contributed by atoms with E-state index in [0.29, 0.717) is 13.0 Å². The highest BCUT2D eigenvalue weighted by Gasteiger charge is 2.18. The van der Waals surface area contributed by atoms with Crippen LogP contribution < -0.4 is 11.1 Å². The zero-order valence-corrected chi connectivity index (χ0v) is 11.4. The Morgan fingerprint density at radius 2 is 2.00 bits per heavy atom. The lowest BCUT2D eigenvalue weighted by Gasteiger charge is -2.13. The average molecular weight is 266 g/mol. The lowest BCUT2D eigenvalue weighted by atomic mass is 10.3. The molecule has 0 aliphatic carbocycles. The standard InChI is InChI=1S/C10H22N2O4S/c1-8(11)4-5-17(14,15)7-10(13)12-9(2)6-16-3/h8-9H,4-7,11H2,1-3H3,(H,12,13). The summed E-state index contributed by atoms with van der Waals surface area (Å²) in [4.78, 5) is 11.4. The zero-order valence-electron chi connectivity index (χ0n) is 10.6. The first-order valence-corrected chi connectivity index (χ1v) is 7.33. The number of rotatable bonds is 8. The molecule has 0 radical (unpaired) electrons. The van der Waals surface area contributed by atoms with Crippen LogP contribution in [0.4, 0.5) is 0 Å². The van der Waals surface area contributed by atoms with Gasteiger partial charge in [-0.1, -0.05) is 0 Å². The fourth-order valence-electron chi connectivity index (χ4n) is 1.25. The molecule has 2 atom stereocenters. The maximum atomic E-state index is 11.5. The summed E-state index contributed by atoms with van der Waals surface area (Å²) in [6.45, 7) is 3.83. The molecule has 0 rings (SSSR count). The van der Waals surface area contributed by atoms with Crippen LogP contribution in [0.15, 0.2) is 0 Å². The molecule has 0 saturated carbocycles. The minimum absolute atomic E-state index is 0.0588. The monoisotopic (exact) mass is 266 g/mol. The Morgan fingerprint density at radius 3 is 2.47 bits per heavy atom. The molecular formula is C10H22N2O4S. The van der Waals surface area contributed by atoms with Crippen LogP contribution in [-0.2, 0) is 19.4 Å². The third-order valence-electron chi connectivity index (χ3n) is 2.06. The van der Waals surface area contributed by atoms with E-state index >= 15 is 0 Å². The van der Waals surface area contributed by atoms with E-state index in [1.165, 1.54) is 7.11 Å². The van der Waals surface area contributed by atoms with E-state index in [1.54, 1.807) is 13.8 Å². The Morgan fingerprint density at radius 1 is 1.41 bits per heavy atom. The number of hydrogen-bond acceptors (Lipinski definition) is 5. The minimum atomic E-state index is -3.37. The first kappa shape index (κ1) is 16.3. The van der Waals surface area contributed by atoms with Crippen LogP contribution in [0.5, 0.6) is 0 Å². The molecule has 0 aliphatic rings. The molecule has 0 aromatic carbocycles. The number of carbonyl (C=O) groups excluding carboxylic acids is 1. The molecule has 6 nitrogen and oxygen atoms in total. The molecule has 0 aromatic heterocycles. The quantitative estimate of drug-likeness (QED) is 0.604. The predicted molar refractivity (Wildman–Crippen MR) is 66.4 cm³/mol. The van der Waals surface area contributed by atoms with Crippen molar-refractivity contribution in [3.63, 3.8) is 0 Å². The van der Waals surface area contributed by atoms with Gasteiger partial charge in [0.15, 0.2) is 9.84 Å². The van der Waals surface area contributed by atoms with Crippen LogP contribution in [0.2, 0.25) is 0 Å². The van der Waals surface area contributed by atoms with Crippen LogP contribution in [-0.4, -0.2) is 51.6 Å².